The van der Waals surface area contributed by atoms with Crippen LogP contribution in [0.5, 0.6) is 0 Å². The van der Waals surface area contributed by atoms with Crippen LogP contribution >= 0.6 is 11.6 Å². The van der Waals surface area contributed by atoms with Gasteiger partial charge in [0, 0.05) is 12.6 Å². The van der Waals surface area contributed by atoms with E-state index < -0.39 is 0 Å². The summed E-state index contributed by atoms with van der Waals surface area (Å²) in [6.45, 7) is 2.16. The average molecular weight is 239 g/mol. The lowest BCUT2D eigenvalue weighted by molar-refractivity contribution is 0.278. The molecule has 0 spiro atoms. The van der Waals surface area contributed by atoms with E-state index in [1.165, 1.54) is 0 Å². The number of halogens is 1. The third-order valence-corrected chi connectivity index (χ3v) is 2.77. The van der Waals surface area contributed by atoms with Gasteiger partial charge in [0.1, 0.15) is 6.07 Å². The summed E-state index contributed by atoms with van der Waals surface area (Å²) >= 11 is 5.92. The number of hydrogen-bond acceptors (Lipinski definition) is 3. The first-order chi connectivity index (χ1) is 7.72. The smallest absolute Gasteiger partial charge is 0.103 e. The molecule has 0 saturated heterocycles. The molecule has 0 aliphatic rings. The van der Waals surface area contributed by atoms with Crippen molar-refractivity contribution in [3.8, 4) is 6.07 Å². The zero-order chi connectivity index (χ0) is 12.0. The predicted octanol–water partition coefficient (Wildman–Crippen LogP) is 2.78. The van der Waals surface area contributed by atoms with Crippen molar-refractivity contribution in [2.75, 3.05) is 11.9 Å². The Hall–Kier alpha value is -1.24. The lowest BCUT2D eigenvalue weighted by Crippen LogP contribution is -2.20. The molecule has 0 radical (unpaired) electrons. The highest BCUT2D eigenvalue weighted by molar-refractivity contribution is 6.32. The van der Waals surface area contributed by atoms with E-state index in [-0.39, 0.29) is 12.6 Å². The standard InChI is InChI=1S/C12H15ClN2O/c1-2-9(6-7-16)15-12-5-3-4-11(13)10(12)8-14/h3-5,9,15-16H,2,6-7H2,1H3. The number of nitriles is 1. The number of nitrogens with zero attached hydrogens (tertiary/aromatic N) is 1. The topological polar surface area (TPSA) is 56.0 Å². The third-order valence-electron chi connectivity index (χ3n) is 2.46. The maximum atomic E-state index is 8.99. The van der Waals surface area contributed by atoms with E-state index in [0.717, 1.165) is 12.1 Å². The van der Waals surface area contributed by atoms with Gasteiger partial charge in [0.25, 0.3) is 0 Å². The molecule has 0 bridgehead atoms. The summed E-state index contributed by atoms with van der Waals surface area (Å²) in [5, 5.41) is 21.6. The quantitative estimate of drug-likeness (QED) is 0.830. The lowest BCUT2D eigenvalue weighted by Gasteiger charge is -2.18. The van der Waals surface area contributed by atoms with Crippen LogP contribution in [0.4, 0.5) is 5.69 Å². The van der Waals surface area contributed by atoms with Gasteiger partial charge in [-0.3, -0.25) is 0 Å². The van der Waals surface area contributed by atoms with Crippen molar-refractivity contribution in [1.29, 1.82) is 5.26 Å². The first-order valence-corrected chi connectivity index (χ1v) is 5.66. The van der Waals surface area contributed by atoms with Crippen LogP contribution in [0.1, 0.15) is 25.3 Å². The number of rotatable bonds is 5. The summed E-state index contributed by atoms with van der Waals surface area (Å²) in [5.74, 6) is 0. The molecule has 0 amide bonds. The van der Waals surface area contributed by atoms with Crippen LogP contribution < -0.4 is 5.32 Å². The van der Waals surface area contributed by atoms with Gasteiger partial charge in [0.2, 0.25) is 0 Å². The molecule has 86 valence electrons. The molecule has 1 aromatic rings. The molecule has 1 atom stereocenters. The van der Waals surface area contributed by atoms with Crippen molar-refractivity contribution in [3.05, 3.63) is 28.8 Å². The van der Waals surface area contributed by atoms with Crippen molar-refractivity contribution in [2.24, 2.45) is 0 Å². The van der Waals surface area contributed by atoms with Gasteiger partial charge in [0.15, 0.2) is 0 Å². The van der Waals surface area contributed by atoms with Gasteiger partial charge < -0.3 is 10.4 Å². The van der Waals surface area contributed by atoms with Crippen LogP contribution in [0.2, 0.25) is 5.02 Å². The van der Waals surface area contributed by atoms with E-state index in [0.29, 0.717) is 17.0 Å². The Morgan fingerprint density at radius 2 is 2.31 bits per heavy atom. The van der Waals surface area contributed by atoms with E-state index in [4.69, 9.17) is 22.0 Å². The number of aliphatic hydroxyl groups is 1. The van der Waals surface area contributed by atoms with E-state index in [1.807, 2.05) is 13.0 Å². The highest BCUT2D eigenvalue weighted by Crippen LogP contribution is 2.24. The Balaban J connectivity index is 2.88. The molecule has 0 aliphatic carbocycles. The van der Waals surface area contributed by atoms with Crippen LogP contribution in [0, 0.1) is 11.3 Å². The van der Waals surface area contributed by atoms with Crippen LogP contribution in [-0.2, 0) is 0 Å². The fourth-order valence-electron chi connectivity index (χ4n) is 1.51. The first-order valence-electron chi connectivity index (χ1n) is 5.29. The summed E-state index contributed by atoms with van der Waals surface area (Å²) in [5.41, 5.74) is 1.19. The predicted molar refractivity (Wildman–Crippen MR) is 65.6 cm³/mol. The van der Waals surface area contributed by atoms with E-state index >= 15 is 0 Å². The van der Waals surface area contributed by atoms with Gasteiger partial charge in [-0.15, -0.1) is 0 Å². The van der Waals surface area contributed by atoms with Crippen molar-refractivity contribution in [3.63, 3.8) is 0 Å². The van der Waals surface area contributed by atoms with Gasteiger partial charge >= 0.3 is 0 Å². The molecule has 0 aliphatic heterocycles. The molecule has 4 heteroatoms. The fraction of sp³-hybridized carbons (Fsp3) is 0.417. The van der Waals surface area contributed by atoms with Crippen molar-refractivity contribution in [2.45, 2.75) is 25.8 Å². The Morgan fingerprint density at radius 3 is 2.88 bits per heavy atom. The third kappa shape index (κ3) is 3.13. The minimum atomic E-state index is 0.133. The molecule has 3 nitrogen and oxygen atoms in total. The van der Waals surface area contributed by atoms with Crippen molar-refractivity contribution in [1.82, 2.24) is 0 Å². The summed E-state index contributed by atoms with van der Waals surface area (Å²) in [7, 11) is 0. The van der Waals surface area contributed by atoms with E-state index in [9.17, 15) is 0 Å². The molecule has 0 heterocycles. The minimum Gasteiger partial charge on any atom is -0.396 e. The summed E-state index contributed by atoms with van der Waals surface area (Å²) in [6.07, 6.45) is 1.55. The lowest BCUT2D eigenvalue weighted by atomic mass is 10.1. The van der Waals surface area contributed by atoms with Gasteiger partial charge in [-0.2, -0.15) is 5.26 Å². The Labute approximate surface area is 101 Å². The van der Waals surface area contributed by atoms with Crippen molar-refractivity contribution >= 4 is 17.3 Å². The number of benzene rings is 1. The Bertz CT molecular complexity index is 387. The zero-order valence-electron chi connectivity index (χ0n) is 9.20. The molecule has 1 unspecified atom stereocenters. The highest BCUT2D eigenvalue weighted by atomic mass is 35.5. The van der Waals surface area contributed by atoms with Gasteiger partial charge in [-0.1, -0.05) is 24.6 Å². The normalized spacial score (nSPS) is 11.9. The average Bonchev–Trinajstić information content (AvgIpc) is 2.28. The second kappa shape index (κ2) is 6.37. The molecule has 0 saturated carbocycles. The molecule has 1 rings (SSSR count). The van der Waals surface area contributed by atoms with Crippen molar-refractivity contribution < 1.29 is 5.11 Å². The maximum Gasteiger partial charge on any atom is 0.103 e. The number of anilines is 1. The van der Waals surface area contributed by atoms with Crippen LogP contribution in [0.25, 0.3) is 0 Å². The van der Waals surface area contributed by atoms with Crippen LogP contribution in [0.3, 0.4) is 0 Å². The molecule has 0 fully saturated rings. The van der Waals surface area contributed by atoms with E-state index in [1.54, 1.807) is 12.1 Å². The molecule has 16 heavy (non-hydrogen) atoms. The second-order valence-electron chi connectivity index (χ2n) is 3.54. The molecule has 0 aromatic heterocycles. The van der Waals surface area contributed by atoms with Crippen LogP contribution in [-0.4, -0.2) is 17.8 Å². The summed E-state index contributed by atoms with van der Waals surface area (Å²) < 4.78 is 0. The summed E-state index contributed by atoms with van der Waals surface area (Å²) in [4.78, 5) is 0. The van der Waals surface area contributed by atoms with Crippen LogP contribution in [0.15, 0.2) is 18.2 Å². The number of aliphatic hydroxyl groups excluding tert-OH is 1. The Morgan fingerprint density at radius 1 is 1.56 bits per heavy atom. The van der Waals surface area contributed by atoms with Gasteiger partial charge in [-0.25, -0.2) is 0 Å². The fourth-order valence-corrected chi connectivity index (χ4v) is 1.73. The zero-order valence-corrected chi connectivity index (χ0v) is 9.96. The molecular weight excluding hydrogens is 224 g/mol. The summed E-state index contributed by atoms with van der Waals surface area (Å²) in [6, 6.07) is 7.56. The first kappa shape index (κ1) is 12.8. The maximum absolute atomic E-state index is 8.99. The largest absolute Gasteiger partial charge is 0.396 e. The highest BCUT2D eigenvalue weighted by Gasteiger charge is 2.10. The second-order valence-corrected chi connectivity index (χ2v) is 3.94. The molecule has 1 aromatic carbocycles. The monoisotopic (exact) mass is 238 g/mol. The molecule has 2 N–H and O–H groups in total. The minimum absolute atomic E-state index is 0.133. The Kier molecular flexibility index (Phi) is 5.10. The SMILES string of the molecule is CCC(CCO)Nc1cccc(Cl)c1C#N. The van der Waals surface area contributed by atoms with E-state index in [2.05, 4.69) is 11.4 Å². The molecular formula is C12H15ClN2O. The van der Waals surface area contributed by atoms with Gasteiger partial charge in [0.05, 0.1) is 16.3 Å². The number of hydrogen-bond donors (Lipinski definition) is 2. The van der Waals surface area contributed by atoms with Gasteiger partial charge in [-0.05, 0) is 25.0 Å². The number of nitrogens with one attached hydrogen (secondary N) is 1.